The number of hydrogen-bond acceptors (Lipinski definition) is 4. The predicted octanol–water partition coefficient (Wildman–Crippen LogP) is 6.76. The van der Waals surface area contributed by atoms with Crippen molar-refractivity contribution in [3.05, 3.63) is 81.1 Å². The third-order valence-electron chi connectivity index (χ3n) is 5.39. The summed E-state index contributed by atoms with van der Waals surface area (Å²) in [5.41, 5.74) is 4.62. The van der Waals surface area contributed by atoms with E-state index in [0.717, 1.165) is 33.8 Å². The number of ether oxygens (including phenoxy) is 2. The molecular formula is C27H31BrN2O3. The normalized spacial score (nSPS) is 11.7. The lowest BCUT2D eigenvalue weighted by Crippen LogP contribution is -2.13. The molecule has 2 aromatic carbocycles. The molecule has 174 valence electrons. The number of aromatic nitrogens is 2. The first-order valence-corrected chi connectivity index (χ1v) is 11.8. The van der Waals surface area contributed by atoms with Gasteiger partial charge in [0, 0.05) is 12.1 Å². The summed E-state index contributed by atoms with van der Waals surface area (Å²) in [6.45, 7) is 11.5. The van der Waals surface area contributed by atoms with Gasteiger partial charge in [0.15, 0.2) is 0 Å². The van der Waals surface area contributed by atoms with Gasteiger partial charge in [0.2, 0.25) is 5.78 Å². The topological polar surface area (TPSA) is 53.4 Å². The third kappa shape index (κ3) is 5.93. The van der Waals surface area contributed by atoms with E-state index in [9.17, 15) is 4.79 Å². The molecule has 0 bridgehead atoms. The van der Waals surface area contributed by atoms with Gasteiger partial charge in [-0.1, -0.05) is 45.0 Å². The van der Waals surface area contributed by atoms with E-state index in [1.54, 1.807) is 30.1 Å². The molecule has 0 aliphatic carbocycles. The largest absolute Gasteiger partial charge is 0.496 e. The van der Waals surface area contributed by atoms with Crippen LogP contribution in [0.3, 0.4) is 0 Å². The molecule has 0 atom stereocenters. The minimum absolute atomic E-state index is 0.0304. The molecule has 3 rings (SSSR count). The minimum Gasteiger partial charge on any atom is -0.496 e. The standard InChI is InChI=1S/C27H31BrN2O3/c1-7-30-26(22(28)16-29-30)23(31)12-9-19-10-13-24(32-6)20(15-19)17-33-25-14-18(2)8-11-21(25)27(3,4)5/h8-16H,7,17H2,1-6H3/b12-9+. The average Bonchev–Trinajstić information content (AvgIpc) is 3.15. The lowest BCUT2D eigenvalue weighted by atomic mass is 9.86. The van der Waals surface area contributed by atoms with Crippen LogP contribution < -0.4 is 9.47 Å². The fourth-order valence-corrected chi connectivity index (χ4v) is 4.13. The molecular weight excluding hydrogens is 480 g/mol. The van der Waals surface area contributed by atoms with Gasteiger partial charge in [0.1, 0.15) is 23.8 Å². The molecule has 0 saturated carbocycles. The van der Waals surface area contributed by atoms with Crippen molar-refractivity contribution < 1.29 is 14.3 Å². The summed E-state index contributed by atoms with van der Waals surface area (Å²) in [5, 5.41) is 4.21. The molecule has 6 heteroatoms. The van der Waals surface area contributed by atoms with E-state index in [1.165, 1.54) is 0 Å². The third-order valence-corrected chi connectivity index (χ3v) is 5.97. The van der Waals surface area contributed by atoms with E-state index in [-0.39, 0.29) is 11.2 Å². The van der Waals surface area contributed by atoms with Crippen LogP contribution in [0.4, 0.5) is 0 Å². The molecule has 0 aliphatic heterocycles. The van der Waals surface area contributed by atoms with Crippen LogP contribution in [0, 0.1) is 6.92 Å². The molecule has 33 heavy (non-hydrogen) atoms. The number of carbonyl (C=O) groups is 1. The highest BCUT2D eigenvalue weighted by Crippen LogP contribution is 2.33. The van der Waals surface area contributed by atoms with Gasteiger partial charge < -0.3 is 9.47 Å². The Bertz CT molecular complexity index is 1170. The second kappa shape index (κ2) is 10.4. The summed E-state index contributed by atoms with van der Waals surface area (Å²) >= 11 is 3.41. The number of nitrogens with zero attached hydrogens (tertiary/aromatic N) is 2. The van der Waals surface area contributed by atoms with Crippen LogP contribution in [0.25, 0.3) is 6.08 Å². The van der Waals surface area contributed by atoms with Crippen LogP contribution in [0.1, 0.15) is 60.4 Å². The summed E-state index contributed by atoms with van der Waals surface area (Å²) in [6, 6.07) is 12.1. The number of halogens is 1. The quantitative estimate of drug-likeness (QED) is 0.248. The number of methoxy groups -OCH3 is 1. The molecule has 0 fully saturated rings. The number of allylic oxidation sites excluding steroid dienone is 1. The van der Waals surface area contributed by atoms with Gasteiger partial charge in [-0.2, -0.15) is 5.10 Å². The second-order valence-corrected chi connectivity index (χ2v) is 9.82. The summed E-state index contributed by atoms with van der Waals surface area (Å²) in [4.78, 5) is 12.7. The Kier molecular flexibility index (Phi) is 7.80. The SMILES string of the molecule is CCn1ncc(Br)c1C(=O)/C=C/c1ccc(OC)c(COc2cc(C)ccc2C(C)(C)C)c1. The Morgan fingerprint density at radius 2 is 1.91 bits per heavy atom. The molecule has 5 nitrogen and oxygen atoms in total. The van der Waals surface area contributed by atoms with Crippen molar-refractivity contribution in [3.8, 4) is 11.5 Å². The van der Waals surface area contributed by atoms with Crippen LogP contribution in [0.2, 0.25) is 0 Å². The molecule has 1 heterocycles. The van der Waals surface area contributed by atoms with Crippen molar-refractivity contribution >= 4 is 27.8 Å². The Balaban J connectivity index is 1.84. The van der Waals surface area contributed by atoms with Gasteiger partial charge in [-0.15, -0.1) is 0 Å². The zero-order chi connectivity index (χ0) is 24.2. The van der Waals surface area contributed by atoms with Crippen LogP contribution in [-0.2, 0) is 18.6 Å². The number of carbonyl (C=O) groups excluding carboxylic acids is 1. The number of benzene rings is 2. The van der Waals surface area contributed by atoms with Gasteiger partial charge in [0.05, 0.1) is 17.8 Å². The fraction of sp³-hybridized carbons (Fsp3) is 0.333. The molecule has 0 radical (unpaired) electrons. The Morgan fingerprint density at radius 3 is 2.58 bits per heavy atom. The molecule has 3 aromatic rings. The zero-order valence-corrected chi connectivity index (χ0v) is 21.7. The lowest BCUT2D eigenvalue weighted by Gasteiger charge is -2.23. The van der Waals surface area contributed by atoms with E-state index in [1.807, 2.05) is 25.1 Å². The van der Waals surface area contributed by atoms with Gasteiger partial charge in [0.25, 0.3) is 0 Å². The Labute approximate surface area is 204 Å². The predicted molar refractivity (Wildman–Crippen MR) is 136 cm³/mol. The molecule has 0 unspecified atom stereocenters. The first-order valence-electron chi connectivity index (χ1n) is 11.0. The maximum Gasteiger partial charge on any atom is 0.205 e. The van der Waals surface area contributed by atoms with Crippen LogP contribution in [-0.4, -0.2) is 22.7 Å². The van der Waals surface area contributed by atoms with Gasteiger partial charge in [-0.3, -0.25) is 9.48 Å². The van der Waals surface area contributed by atoms with Crippen molar-refractivity contribution in [1.29, 1.82) is 0 Å². The summed E-state index contributed by atoms with van der Waals surface area (Å²) in [6.07, 6.45) is 5.02. The smallest absolute Gasteiger partial charge is 0.205 e. The van der Waals surface area contributed by atoms with Crippen molar-refractivity contribution in [1.82, 2.24) is 9.78 Å². The van der Waals surface area contributed by atoms with Gasteiger partial charge >= 0.3 is 0 Å². The number of rotatable bonds is 8. The van der Waals surface area contributed by atoms with Crippen LogP contribution >= 0.6 is 15.9 Å². The molecule has 0 N–H and O–H groups in total. The molecule has 0 saturated heterocycles. The maximum absolute atomic E-state index is 12.7. The average molecular weight is 511 g/mol. The van der Waals surface area contributed by atoms with E-state index in [4.69, 9.17) is 9.47 Å². The van der Waals surface area contributed by atoms with Crippen LogP contribution in [0.5, 0.6) is 11.5 Å². The molecule has 0 amide bonds. The molecule has 0 spiro atoms. The van der Waals surface area contributed by atoms with Crippen molar-refractivity contribution in [2.24, 2.45) is 0 Å². The summed E-state index contributed by atoms with van der Waals surface area (Å²) in [5.74, 6) is 1.51. The number of ketones is 1. The minimum atomic E-state index is -0.107. The molecule has 0 aliphatic rings. The first-order chi connectivity index (χ1) is 15.6. The number of aryl methyl sites for hydroxylation is 2. The highest BCUT2D eigenvalue weighted by molar-refractivity contribution is 9.10. The Hall–Kier alpha value is -2.86. The van der Waals surface area contributed by atoms with Crippen molar-refractivity contribution in [2.45, 2.75) is 53.2 Å². The van der Waals surface area contributed by atoms with E-state index in [0.29, 0.717) is 23.3 Å². The van der Waals surface area contributed by atoms with Crippen LogP contribution in [0.15, 0.2) is 53.1 Å². The highest BCUT2D eigenvalue weighted by atomic mass is 79.9. The Morgan fingerprint density at radius 1 is 1.15 bits per heavy atom. The highest BCUT2D eigenvalue weighted by Gasteiger charge is 2.19. The van der Waals surface area contributed by atoms with E-state index < -0.39 is 0 Å². The fourth-order valence-electron chi connectivity index (χ4n) is 3.64. The lowest BCUT2D eigenvalue weighted by molar-refractivity contribution is 0.103. The van der Waals surface area contributed by atoms with E-state index in [2.05, 4.69) is 66.9 Å². The number of hydrogen-bond donors (Lipinski definition) is 0. The second-order valence-electron chi connectivity index (χ2n) is 8.96. The first kappa shape index (κ1) is 24.8. The van der Waals surface area contributed by atoms with Crippen molar-refractivity contribution in [2.75, 3.05) is 7.11 Å². The van der Waals surface area contributed by atoms with Gasteiger partial charge in [-0.25, -0.2) is 0 Å². The monoisotopic (exact) mass is 510 g/mol. The molecule has 1 aromatic heterocycles. The summed E-state index contributed by atoms with van der Waals surface area (Å²) in [7, 11) is 1.65. The van der Waals surface area contributed by atoms with Gasteiger partial charge in [-0.05, 0) is 76.2 Å². The van der Waals surface area contributed by atoms with Crippen molar-refractivity contribution in [3.63, 3.8) is 0 Å². The zero-order valence-electron chi connectivity index (χ0n) is 20.1. The summed E-state index contributed by atoms with van der Waals surface area (Å²) < 4.78 is 14.2. The van der Waals surface area contributed by atoms with E-state index >= 15 is 0 Å². The maximum atomic E-state index is 12.7.